The third-order valence-corrected chi connectivity index (χ3v) is 9.77. The second kappa shape index (κ2) is 11.9. The summed E-state index contributed by atoms with van der Waals surface area (Å²) >= 11 is 0. The van der Waals surface area contributed by atoms with Crippen molar-refractivity contribution in [2.24, 2.45) is 0 Å². The lowest BCUT2D eigenvalue weighted by Crippen LogP contribution is -2.00. The van der Waals surface area contributed by atoms with Crippen LogP contribution >= 0.6 is 0 Å². The van der Waals surface area contributed by atoms with Crippen LogP contribution in [0, 0.1) is 0 Å². The SMILES string of the molecule is c1ccc(-c2nc(-c3ccc(-c4ccc5c(c4)oc4ccccc45)cc3)nc(-c3cccc4c(-c5cccc6ccccc56)cccc34)n2)cc1. The van der Waals surface area contributed by atoms with Gasteiger partial charge in [-0.3, -0.25) is 0 Å². The minimum atomic E-state index is 0.625. The molecule has 10 aromatic rings. The van der Waals surface area contributed by atoms with E-state index in [2.05, 4.69) is 127 Å². The third-order valence-electron chi connectivity index (χ3n) is 9.77. The fourth-order valence-electron chi connectivity index (χ4n) is 7.26. The number of furan rings is 1. The molecule has 0 spiro atoms. The van der Waals surface area contributed by atoms with Crippen LogP contribution in [0.3, 0.4) is 0 Å². The van der Waals surface area contributed by atoms with Crippen molar-refractivity contribution < 1.29 is 4.42 Å². The van der Waals surface area contributed by atoms with Gasteiger partial charge in [0, 0.05) is 27.5 Å². The van der Waals surface area contributed by atoms with E-state index in [1.165, 1.54) is 21.9 Å². The Hall–Kier alpha value is -6.91. The maximum atomic E-state index is 6.17. The van der Waals surface area contributed by atoms with Gasteiger partial charge < -0.3 is 4.42 Å². The topological polar surface area (TPSA) is 51.8 Å². The average molecular weight is 652 g/mol. The molecule has 0 aliphatic heterocycles. The fraction of sp³-hybridized carbons (Fsp3) is 0. The number of hydrogen-bond acceptors (Lipinski definition) is 4. The summed E-state index contributed by atoms with van der Waals surface area (Å²) in [7, 11) is 0. The van der Waals surface area contributed by atoms with Gasteiger partial charge in [0.2, 0.25) is 0 Å². The van der Waals surface area contributed by atoms with E-state index < -0.39 is 0 Å². The number of para-hydroxylation sites is 1. The summed E-state index contributed by atoms with van der Waals surface area (Å²) in [5, 5.41) is 6.95. The van der Waals surface area contributed by atoms with Crippen molar-refractivity contribution in [2.45, 2.75) is 0 Å². The van der Waals surface area contributed by atoms with Gasteiger partial charge in [0.1, 0.15) is 11.2 Å². The highest BCUT2D eigenvalue weighted by Gasteiger charge is 2.16. The van der Waals surface area contributed by atoms with Gasteiger partial charge in [0.15, 0.2) is 17.5 Å². The number of hydrogen-bond donors (Lipinski definition) is 0. The number of aromatic nitrogens is 3. The number of rotatable bonds is 5. The molecule has 0 unspecified atom stereocenters. The smallest absolute Gasteiger partial charge is 0.164 e. The van der Waals surface area contributed by atoms with Crippen molar-refractivity contribution in [3.63, 3.8) is 0 Å². The highest BCUT2D eigenvalue weighted by Crippen LogP contribution is 2.38. The van der Waals surface area contributed by atoms with Crippen LogP contribution < -0.4 is 0 Å². The zero-order chi connectivity index (χ0) is 33.7. The van der Waals surface area contributed by atoms with Crippen molar-refractivity contribution in [1.29, 1.82) is 0 Å². The van der Waals surface area contributed by atoms with Crippen molar-refractivity contribution >= 4 is 43.5 Å². The molecule has 0 fully saturated rings. The van der Waals surface area contributed by atoms with Gasteiger partial charge in [-0.1, -0.05) is 158 Å². The van der Waals surface area contributed by atoms with Crippen LogP contribution in [0.15, 0.2) is 180 Å². The second-order valence-electron chi connectivity index (χ2n) is 12.8. The van der Waals surface area contributed by atoms with Crippen LogP contribution in [0.4, 0.5) is 0 Å². The molecule has 0 amide bonds. The zero-order valence-electron chi connectivity index (χ0n) is 27.5. The van der Waals surface area contributed by atoms with Crippen molar-refractivity contribution in [3.05, 3.63) is 176 Å². The molecule has 0 aliphatic rings. The molecule has 0 radical (unpaired) electrons. The molecule has 2 aromatic heterocycles. The first-order valence-corrected chi connectivity index (χ1v) is 17.1. The summed E-state index contributed by atoms with van der Waals surface area (Å²) in [6, 6.07) is 61.1. The first kappa shape index (κ1) is 29.0. The Morgan fingerprint density at radius 2 is 0.804 bits per heavy atom. The summed E-state index contributed by atoms with van der Waals surface area (Å²) in [4.78, 5) is 15.2. The normalized spacial score (nSPS) is 11.5. The minimum Gasteiger partial charge on any atom is -0.456 e. The lowest BCUT2D eigenvalue weighted by molar-refractivity contribution is 0.669. The van der Waals surface area contributed by atoms with Gasteiger partial charge >= 0.3 is 0 Å². The Bertz CT molecular complexity index is 2900. The van der Waals surface area contributed by atoms with E-state index in [9.17, 15) is 0 Å². The number of nitrogens with zero attached hydrogens (tertiary/aromatic N) is 3. The van der Waals surface area contributed by atoms with Gasteiger partial charge in [0.05, 0.1) is 0 Å². The molecule has 51 heavy (non-hydrogen) atoms. The van der Waals surface area contributed by atoms with Crippen LogP contribution in [0.25, 0.3) is 99.9 Å². The van der Waals surface area contributed by atoms with Crippen LogP contribution in [0.5, 0.6) is 0 Å². The molecule has 0 saturated carbocycles. The standard InChI is InChI=1S/C47H29N3O/c1-2-12-32(13-3-1)45-48-46(33-25-23-30(24-26-33)34-27-28-41-40-16-6-7-22-43(40)51-44(41)29-34)50-47(49-45)42-21-10-19-38-37(18-9-20-39(38)42)36-17-8-14-31-11-4-5-15-35(31)36/h1-29H. The molecular weight excluding hydrogens is 623 g/mol. The first-order chi connectivity index (χ1) is 25.3. The summed E-state index contributed by atoms with van der Waals surface area (Å²) in [6.07, 6.45) is 0. The van der Waals surface area contributed by atoms with Crippen molar-refractivity contribution in [2.75, 3.05) is 0 Å². The van der Waals surface area contributed by atoms with Crippen LogP contribution in [-0.2, 0) is 0 Å². The average Bonchev–Trinajstić information content (AvgIpc) is 3.58. The van der Waals surface area contributed by atoms with E-state index in [-0.39, 0.29) is 0 Å². The molecule has 4 heteroatoms. The molecule has 0 atom stereocenters. The molecule has 0 aliphatic carbocycles. The Morgan fingerprint density at radius 3 is 1.61 bits per heavy atom. The minimum absolute atomic E-state index is 0.625. The number of benzene rings is 8. The maximum absolute atomic E-state index is 6.17. The predicted molar refractivity (Wildman–Crippen MR) is 209 cm³/mol. The van der Waals surface area contributed by atoms with E-state index >= 15 is 0 Å². The quantitative estimate of drug-likeness (QED) is 0.186. The molecule has 4 nitrogen and oxygen atoms in total. The van der Waals surface area contributed by atoms with Crippen LogP contribution in [-0.4, -0.2) is 15.0 Å². The van der Waals surface area contributed by atoms with Crippen molar-refractivity contribution in [3.8, 4) is 56.4 Å². The molecule has 0 saturated heterocycles. The second-order valence-corrected chi connectivity index (χ2v) is 12.8. The van der Waals surface area contributed by atoms with Gasteiger partial charge in [-0.15, -0.1) is 0 Å². The monoisotopic (exact) mass is 651 g/mol. The lowest BCUT2D eigenvalue weighted by atomic mass is 9.92. The summed E-state index contributed by atoms with van der Waals surface area (Å²) in [5.41, 5.74) is 9.17. The summed E-state index contributed by atoms with van der Waals surface area (Å²) < 4.78 is 6.17. The molecule has 0 bridgehead atoms. The lowest BCUT2D eigenvalue weighted by Gasteiger charge is -2.14. The Labute approximate surface area is 294 Å². The van der Waals surface area contributed by atoms with E-state index in [4.69, 9.17) is 19.4 Å². The molecule has 8 aromatic carbocycles. The van der Waals surface area contributed by atoms with E-state index in [1.54, 1.807) is 0 Å². The number of fused-ring (bicyclic) bond motifs is 5. The Morgan fingerprint density at radius 1 is 0.294 bits per heavy atom. The predicted octanol–water partition coefficient (Wildman–Crippen LogP) is 12.4. The summed E-state index contributed by atoms with van der Waals surface area (Å²) in [6.45, 7) is 0. The maximum Gasteiger partial charge on any atom is 0.164 e. The van der Waals surface area contributed by atoms with E-state index in [0.29, 0.717) is 17.5 Å². The molecular formula is C47H29N3O. The molecule has 10 rings (SSSR count). The van der Waals surface area contributed by atoms with Crippen LogP contribution in [0.2, 0.25) is 0 Å². The highest BCUT2D eigenvalue weighted by atomic mass is 16.3. The highest BCUT2D eigenvalue weighted by molar-refractivity contribution is 6.09. The largest absolute Gasteiger partial charge is 0.456 e. The zero-order valence-corrected chi connectivity index (χ0v) is 27.5. The van der Waals surface area contributed by atoms with Crippen LogP contribution in [0.1, 0.15) is 0 Å². The van der Waals surface area contributed by atoms with Gasteiger partial charge in [0.25, 0.3) is 0 Å². The molecule has 238 valence electrons. The third kappa shape index (κ3) is 5.04. The Kier molecular flexibility index (Phi) is 6.78. The summed E-state index contributed by atoms with van der Waals surface area (Å²) in [5.74, 6) is 1.90. The fourth-order valence-corrected chi connectivity index (χ4v) is 7.26. The van der Waals surface area contributed by atoms with Crippen molar-refractivity contribution in [1.82, 2.24) is 15.0 Å². The first-order valence-electron chi connectivity index (χ1n) is 17.1. The van der Waals surface area contributed by atoms with E-state index in [1.807, 2.05) is 48.5 Å². The van der Waals surface area contributed by atoms with Gasteiger partial charge in [-0.05, 0) is 62.0 Å². The van der Waals surface area contributed by atoms with E-state index in [0.717, 1.165) is 60.5 Å². The Balaban J connectivity index is 1.09. The molecule has 2 heterocycles. The van der Waals surface area contributed by atoms with Gasteiger partial charge in [-0.2, -0.15) is 0 Å². The molecule has 0 N–H and O–H groups in total. The van der Waals surface area contributed by atoms with Gasteiger partial charge in [-0.25, -0.2) is 15.0 Å².